The number of nitrogens with zero attached hydrogens (tertiary/aromatic N) is 8. The lowest BCUT2D eigenvalue weighted by molar-refractivity contribution is -0.146. The van der Waals surface area contributed by atoms with Crippen molar-refractivity contribution in [2.75, 3.05) is 81.5 Å². The SMILES string of the molecule is COC(=O)COCCOCCCC(=O)c1ccc(C(=O)N2c3cc(C#N)ccc3N(Cc3c(OC)ccc4ccccc34)C(=O)[C@@H](NC(=O)[C@H](C)N(C)C(=O)OC(C)(C)C)[C@@H]2C)cc1.COc1ccc2ccccc2c1CN1C(=O)[C@@H](NC(=O)[C@H](C)N(C)C(=O)OC(C)(C)C)[C@H](C)N(C(=O)c2ccc(C(=O)O)cc2)c2cc(C#N)ccc21. The molecule has 0 bridgehead atoms. The molecule has 2 heterocycles. The van der Waals surface area contributed by atoms with Crippen LogP contribution < -0.4 is 39.7 Å². The van der Waals surface area contributed by atoms with Crippen molar-refractivity contribution in [1.82, 2.24) is 20.4 Å². The topological polar surface area (TPSA) is 364 Å². The van der Waals surface area contributed by atoms with Crippen LogP contribution in [0.2, 0.25) is 0 Å². The Morgan fingerprint density at radius 1 is 0.513 bits per heavy atom. The summed E-state index contributed by atoms with van der Waals surface area (Å²) in [6.45, 7) is 16.9. The number of Topliss-reactive ketones (excluding diaryl/α,β-unsaturated/α-hetero) is 1. The van der Waals surface area contributed by atoms with Crippen molar-refractivity contribution in [2.45, 2.75) is 143 Å². The maximum Gasteiger partial charge on any atom is 0.410 e. The second-order valence-electron chi connectivity index (χ2n) is 30.0. The number of likely N-dealkylation sites (N-methyl/N-ethyl adjacent to an activating group) is 2. The number of carboxylic acid groups (broad SMARTS) is 1. The molecule has 0 unspecified atom stereocenters. The number of benzene rings is 8. The van der Waals surface area contributed by atoms with Gasteiger partial charge in [0, 0.05) is 54.9 Å². The lowest BCUT2D eigenvalue weighted by Crippen LogP contribution is -2.60. The van der Waals surface area contributed by atoms with E-state index in [1.54, 1.807) is 97.9 Å². The summed E-state index contributed by atoms with van der Waals surface area (Å²) in [6, 6.07) is 40.5. The standard InChI is InChI=1S/C48H55N5O11.C40H41N5O8/c1-30-43(50-44(56)31(2)51(6)47(59)64-48(3,4)5)46(58)52(28-37-36-13-10-9-12-33(36)20-22-41(37)60-7)38-21-15-32(27-49)26-39(38)53(30)45(57)35-18-16-34(17-19-35)40(54)14-11-23-62-24-25-63-29-42(55)61-8;1-23-34(42-35(46)24(2)43(6)39(51)53-40(3,4)5)37(48)44(22-30-29-11-9-8-10-26(29)17-19-33(30)52-7)31-18-12-25(21-41)20-32(31)45(23)36(47)27-13-15-28(16-14-27)38(49)50/h9-10,12-13,15-22,26,30-31,43H,11,14,23-25,28-29H2,1-8H3,(H,50,56);8-20,23-24,34H,22H2,1-7H3,(H,42,46)(H,49,50)/t30-,31-,43-;23-,24-,34-/m00/s1. The second kappa shape index (κ2) is 38.3. The van der Waals surface area contributed by atoms with E-state index < -0.39 is 107 Å². The smallest absolute Gasteiger partial charge is 0.410 e. The Balaban J connectivity index is 0.000000272. The van der Waals surface area contributed by atoms with E-state index in [4.69, 9.17) is 28.4 Å². The van der Waals surface area contributed by atoms with Crippen molar-refractivity contribution in [3.8, 4) is 23.6 Å². The summed E-state index contributed by atoms with van der Waals surface area (Å²) in [5.74, 6) is -4.51. The molecule has 0 saturated heterocycles. The Kier molecular flexibility index (Phi) is 28.7. The molecule has 0 aliphatic carbocycles. The van der Waals surface area contributed by atoms with Crippen LogP contribution in [0.15, 0.2) is 158 Å². The van der Waals surface area contributed by atoms with Gasteiger partial charge in [-0.2, -0.15) is 10.5 Å². The van der Waals surface area contributed by atoms with Crippen LogP contribution in [-0.4, -0.2) is 190 Å². The fourth-order valence-corrected chi connectivity index (χ4v) is 13.3. The Morgan fingerprint density at radius 2 is 0.906 bits per heavy atom. The van der Waals surface area contributed by atoms with Gasteiger partial charge in [-0.3, -0.25) is 43.4 Å². The van der Waals surface area contributed by atoms with Crippen LogP contribution in [-0.2, 0) is 60.7 Å². The first kappa shape index (κ1) is 87.7. The summed E-state index contributed by atoms with van der Waals surface area (Å²) in [4.78, 5) is 157. The number of esters is 1. The fourth-order valence-electron chi connectivity index (χ4n) is 13.3. The minimum Gasteiger partial charge on any atom is -0.496 e. The van der Waals surface area contributed by atoms with Crippen LogP contribution in [0.4, 0.5) is 32.3 Å². The van der Waals surface area contributed by atoms with E-state index in [-0.39, 0.29) is 96.6 Å². The van der Waals surface area contributed by atoms with Gasteiger partial charge in [-0.25, -0.2) is 19.2 Å². The normalized spacial score (nSPS) is 15.7. The third-order valence-corrected chi connectivity index (χ3v) is 19.9. The molecule has 10 rings (SSSR count). The first-order valence-electron chi connectivity index (χ1n) is 37.7. The molecule has 0 fully saturated rings. The summed E-state index contributed by atoms with van der Waals surface area (Å²) in [7, 11) is 7.15. The zero-order valence-corrected chi connectivity index (χ0v) is 68.0. The highest BCUT2D eigenvalue weighted by molar-refractivity contribution is 6.16. The van der Waals surface area contributed by atoms with Crippen molar-refractivity contribution in [3.05, 3.63) is 202 Å². The van der Waals surface area contributed by atoms with E-state index in [1.807, 2.05) is 60.7 Å². The van der Waals surface area contributed by atoms with E-state index in [0.717, 1.165) is 31.3 Å². The van der Waals surface area contributed by atoms with Gasteiger partial charge in [0.25, 0.3) is 23.6 Å². The molecule has 612 valence electrons. The highest BCUT2D eigenvalue weighted by Crippen LogP contribution is 2.43. The van der Waals surface area contributed by atoms with Gasteiger partial charge in [-0.05, 0) is 182 Å². The number of ketones is 1. The van der Waals surface area contributed by atoms with E-state index >= 15 is 4.79 Å². The Morgan fingerprint density at radius 3 is 1.29 bits per heavy atom. The van der Waals surface area contributed by atoms with E-state index in [2.05, 4.69) is 27.5 Å². The summed E-state index contributed by atoms with van der Waals surface area (Å²) in [5, 5.41) is 38.6. The van der Waals surface area contributed by atoms with Gasteiger partial charge in [0.15, 0.2) is 5.78 Å². The fraction of sp³-hybridized carbons (Fsp3) is 0.352. The molecule has 29 nitrogen and oxygen atoms in total. The monoisotopic (exact) mass is 1600 g/mol. The largest absolute Gasteiger partial charge is 0.496 e. The van der Waals surface area contributed by atoms with Crippen molar-refractivity contribution in [1.29, 1.82) is 10.5 Å². The van der Waals surface area contributed by atoms with Crippen LogP contribution in [0.5, 0.6) is 11.5 Å². The molecule has 8 aromatic carbocycles. The number of fused-ring (bicyclic) bond motifs is 4. The molecule has 29 heteroatoms. The number of carboxylic acids is 1. The zero-order chi connectivity index (χ0) is 85.5. The summed E-state index contributed by atoms with van der Waals surface area (Å²) in [6.07, 6.45) is -0.897. The van der Waals surface area contributed by atoms with Crippen molar-refractivity contribution in [3.63, 3.8) is 0 Å². The number of methoxy groups -OCH3 is 3. The van der Waals surface area contributed by atoms with Crippen molar-refractivity contribution in [2.24, 2.45) is 0 Å². The Hall–Kier alpha value is -13.3. The molecule has 0 radical (unpaired) electrons. The molecule has 2 aliphatic heterocycles. The highest BCUT2D eigenvalue weighted by Gasteiger charge is 2.47. The van der Waals surface area contributed by atoms with E-state index in [9.17, 15) is 63.6 Å². The van der Waals surface area contributed by atoms with Gasteiger partial charge in [-0.15, -0.1) is 0 Å². The molecule has 0 saturated carbocycles. The number of aromatic carboxylic acids is 1. The number of ether oxygens (including phenoxy) is 7. The third kappa shape index (κ3) is 20.8. The van der Waals surface area contributed by atoms with Gasteiger partial charge in [0.1, 0.15) is 53.5 Å². The number of amides is 8. The van der Waals surface area contributed by atoms with Gasteiger partial charge in [0.2, 0.25) is 11.8 Å². The van der Waals surface area contributed by atoms with E-state index in [0.29, 0.717) is 40.3 Å². The molecule has 3 N–H and O–H groups in total. The number of carbonyl (C=O) groups excluding carboxylic acids is 10. The molecular weight excluding hydrogens is 1500 g/mol. The summed E-state index contributed by atoms with van der Waals surface area (Å²) in [5.41, 5.74) is 1.72. The molecule has 0 spiro atoms. The van der Waals surface area contributed by atoms with Gasteiger partial charge < -0.3 is 68.5 Å². The number of hydrogen-bond donors (Lipinski definition) is 3. The summed E-state index contributed by atoms with van der Waals surface area (Å²) >= 11 is 0. The third-order valence-electron chi connectivity index (χ3n) is 19.9. The van der Waals surface area contributed by atoms with Crippen LogP contribution in [0, 0.1) is 22.7 Å². The molecule has 2 aliphatic rings. The number of nitrogens with one attached hydrogen (secondary N) is 2. The predicted molar refractivity (Wildman–Crippen MR) is 436 cm³/mol. The van der Waals surface area contributed by atoms with Gasteiger partial charge >= 0.3 is 24.1 Å². The predicted octanol–water partition coefficient (Wildman–Crippen LogP) is 12.0. The second-order valence-corrected chi connectivity index (χ2v) is 30.0. The number of rotatable bonds is 25. The maximum absolute atomic E-state index is 15.2. The van der Waals surface area contributed by atoms with Crippen molar-refractivity contribution < 1.29 is 91.0 Å². The molecule has 117 heavy (non-hydrogen) atoms. The Labute approximate surface area is 678 Å². The van der Waals surface area contributed by atoms with Gasteiger partial charge in [0.05, 0.1) is 111 Å². The van der Waals surface area contributed by atoms with Crippen molar-refractivity contribution >= 4 is 110 Å². The van der Waals surface area contributed by atoms with Crippen LogP contribution >= 0.6 is 0 Å². The average molecular weight is 1600 g/mol. The Bertz CT molecular complexity index is 5180. The average Bonchev–Trinajstić information content (AvgIpc) is 1.62. The highest BCUT2D eigenvalue weighted by atomic mass is 16.6. The molecule has 6 atom stereocenters. The van der Waals surface area contributed by atoms with Crippen LogP contribution in [0.1, 0.15) is 146 Å². The van der Waals surface area contributed by atoms with Gasteiger partial charge in [-0.1, -0.05) is 72.8 Å². The molecule has 8 amide bonds. The summed E-state index contributed by atoms with van der Waals surface area (Å²) < 4.78 is 37.7. The maximum atomic E-state index is 15.2. The van der Waals surface area contributed by atoms with Crippen LogP contribution in [0.25, 0.3) is 21.5 Å². The van der Waals surface area contributed by atoms with Crippen LogP contribution in [0.3, 0.4) is 0 Å². The first-order valence-corrected chi connectivity index (χ1v) is 37.7. The number of anilines is 4. The first-order chi connectivity index (χ1) is 55.5. The number of carbonyl (C=O) groups is 11. The minimum atomic E-state index is -1.38. The lowest BCUT2D eigenvalue weighted by Gasteiger charge is -2.34. The number of hydrogen-bond acceptors (Lipinski definition) is 20. The quantitative estimate of drug-likeness (QED) is 0.0207. The lowest BCUT2D eigenvalue weighted by atomic mass is 10.0. The molecule has 8 aromatic rings. The molecular formula is C88H96N10O19. The van der Waals surface area contributed by atoms with E-state index in [1.165, 1.54) is 123 Å². The minimum absolute atomic E-state index is 0.0312. The molecule has 0 aromatic heterocycles. The zero-order valence-electron chi connectivity index (χ0n) is 68.0. The number of nitriles is 2.